The Morgan fingerprint density at radius 2 is 2.11 bits per heavy atom. The Kier molecular flexibility index (Phi) is 5.28. The van der Waals surface area contributed by atoms with Crippen LogP contribution >= 0.6 is 27.5 Å². The monoisotopic (exact) mass is 343 g/mol. The molecule has 4 heteroatoms. The zero-order chi connectivity index (χ0) is 13.8. The molecular formula is C15H19BrClNO. The van der Waals surface area contributed by atoms with E-state index in [2.05, 4.69) is 15.9 Å². The number of rotatable bonds is 4. The van der Waals surface area contributed by atoms with Crippen molar-refractivity contribution in [3.8, 4) is 0 Å². The number of halogens is 2. The van der Waals surface area contributed by atoms with E-state index in [0.29, 0.717) is 11.1 Å². The number of hydrogen-bond acceptors (Lipinski definition) is 1. The van der Waals surface area contributed by atoms with Crippen molar-refractivity contribution in [3.63, 3.8) is 0 Å². The molecule has 1 aromatic carbocycles. The summed E-state index contributed by atoms with van der Waals surface area (Å²) in [6, 6.07) is 5.92. The van der Waals surface area contributed by atoms with Gasteiger partial charge in [0, 0.05) is 28.5 Å². The van der Waals surface area contributed by atoms with E-state index >= 15 is 0 Å². The molecule has 0 bridgehead atoms. The number of carbonyl (C=O) groups is 1. The average Bonchev–Trinajstić information content (AvgIpc) is 2.92. The summed E-state index contributed by atoms with van der Waals surface area (Å²) in [5.74, 6) is 0.117. The number of aryl methyl sites for hydroxylation is 1. The molecule has 0 spiro atoms. The molecule has 0 aliphatic heterocycles. The molecule has 0 aromatic heterocycles. The number of nitrogens with zero attached hydrogens (tertiary/aromatic N) is 1. The smallest absolute Gasteiger partial charge is 0.254 e. The maximum Gasteiger partial charge on any atom is 0.254 e. The van der Waals surface area contributed by atoms with Crippen molar-refractivity contribution in [3.05, 3.63) is 34.3 Å². The van der Waals surface area contributed by atoms with Crippen molar-refractivity contribution in [2.24, 2.45) is 0 Å². The van der Waals surface area contributed by atoms with E-state index in [1.54, 1.807) is 6.07 Å². The zero-order valence-electron chi connectivity index (χ0n) is 11.2. The van der Waals surface area contributed by atoms with Crippen molar-refractivity contribution in [1.82, 2.24) is 4.90 Å². The summed E-state index contributed by atoms with van der Waals surface area (Å²) in [7, 11) is 0. The molecule has 1 aliphatic rings. The molecular weight excluding hydrogens is 326 g/mol. The Hall–Kier alpha value is -0.540. The second kappa shape index (κ2) is 6.76. The molecule has 2 nitrogen and oxygen atoms in total. The van der Waals surface area contributed by atoms with E-state index < -0.39 is 0 Å². The first-order chi connectivity index (χ1) is 9.13. The largest absolute Gasteiger partial charge is 0.335 e. The van der Waals surface area contributed by atoms with Gasteiger partial charge in [-0.2, -0.15) is 0 Å². The third-order valence-corrected chi connectivity index (χ3v) is 4.37. The fourth-order valence-corrected chi connectivity index (χ4v) is 3.29. The standard InChI is InChI=1S/C15H19BrClNO/c1-11-6-7-12(17)10-14(11)15(19)18(9-8-16)13-4-2-3-5-13/h6-7,10,13H,2-5,8-9H2,1H3. The molecule has 0 radical (unpaired) electrons. The van der Waals surface area contributed by atoms with E-state index in [-0.39, 0.29) is 5.91 Å². The van der Waals surface area contributed by atoms with Crippen molar-refractivity contribution < 1.29 is 4.79 Å². The Labute approximate surface area is 128 Å². The highest BCUT2D eigenvalue weighted by Crippen LogP contribution is 2.26. The van der Waals surface area contributed by atoms with Gasteiger partial charge in [-0.3, -0.25) is 4.79 Å². The van der Waals surface area contributed by atoms with E-state index in [1.807, 2.05) is 24.0 Å². The van der Waals surface area contributed by atoms with Crippen LogP contribution in [0.2, 0.25) is 5.02 Å². The van der Waals surface area contributed by atoms with Crippen LogP contribution in [0.4, 0.5) is 0 Å². The number of hydrogen-bond donors (Lipinski definition) is 0. The Morgan fingerprint density at radius 1 is 1.42 bits per heavy atom. The molecule has 1 aliphatic carbocycles. The Morgan fingerprint density at radius 3 is 2.74 bits per heavy atom. The summed E-state index contributed by atoms with van der Waals surface area (Å²) in [6.07, 6.45) is 4.70. The molecule has 1 aromatic rings. The summed E-state index contributed by atoms with van der Waals surface area (Å²) in [5, 5.41) is 1.44. The van der Waals surface area contributed by atoms with Crippen molar-refractivity contribution in [1.29, 1.82) is 0 Å². The maximum atomic E-state index is 12.7. The van der Waals surface area contributed by atoms with Gasteiger partial charge in [0.1, 0.15) is 0 Å². The highest BCUT2D eigenvalue weighted by Gasteiger charge is 2.27. The van der Waals surface area contributed by atoms with Gasteiger partial charge in [0.15, 0.2) is 0 Å². The fourth-order valence-electron chi connectivity index (χ4n) is 2.74. The van der Waals surface area contributed by atoms with Crippen molar-refractivity contribution >= 4 is 33.4 Å². The molecule has 2 rings (SSSR count). The lowest BCUT2D eigenvalue weighted by molar-refractivity contribution is 0.0695. The van der Waals surface area contributed by atoms with Gasteiger partial charge in [-0.25, -0.2) is 0 Å². The highest BCUT2D eigenvalue weighted by molar-refractivity contribution is 9.09. The number of benzene rings is 1. The van der Waals surface area contributed by atoms with Gasteiger partial charge in [0.05, 0.1) is 0 Å². The summed E-state index contributed by atoms with van der Waals surface area (Å²) < 4.78 is 0. The van der Waals surface area contributed by atoms with Crippen LogP contribution in [-0.4, -0.2) is 28.7 Å². The molecule has 1 fully saturated rings. The summed E-state index contributed by atoms with van der Waals surface area (Å²) in [6.45, 7) is 2.72. The summed E-state index contributed by atoms with van der Waals surface area (Å²) in [4.78, 5) is 14.8. The van der Waals surface area contributed by atoms with Crippen LogP contribution in [0, 0.1) is 6.92 Å². The first-order valence-corrected chi connectivity index (χ1v) is 8.26. The number of amides is 1. The molecule has 1 saturated carbocycles. The minimum atomic E-state index is 0.117. The van der Waals surface area contributed by atoms with Crippen LogP contribution in [0.3, 0.4) is 0 Å². The van der Waals surface area contributed by atoms with Gasteiger partial charge in [0.25, 0.3) is 5.91 Å². The fraction of sp³-hybridized carbons (Fsp3) is 0.533. The number of carbonyl (C=O) groups excluding carboxylic acids is 1. The second-order valence-electron chi connectivity index (χ2n) is 5.09. The molecule has 0 saturated heterocycles. The van der Waals surface area contributed by atoms with Crippen LogP contribution in [0.25, 0.3) is 0 Å². The van der Waals surface area contributed by atoms with Gasteiger partial charge in [0.2, 0.25) is 0 Å². The zero-order valence-corrected chi connectivity index (χ0v) is 13.5. The predicted octanol–water partition coefficient (Wildman–Crippen LogP) is 4.43. The summed E-state index contributed by atoms with van der Waals surface area (Å²) in [5.41, 5.74) is 1.73. The van der Waals surface area contributed by atoms with Crippen LogP contribution < -0.4 is 0 Å². The first kappa shape index (κ1) is 14.9. The van der Waals surface area contributed by atoms with Crippen LogP contribution in [-0.2, 0) is 0 Å². The van der Waals surface area contributed by atoms with E-state index in [1.165, 1.54) is 12.8 Å². The minimum absolute atomic E-state index is 0.117. The minimum Gasteiger partial charge on any atom is -0.335 e. The predicted molar refractivity (Wildman–Crippen MR) is 83.3 cm³/mol. The van der Waals surface area contributed by atoms with E-state index in [9.17, 15) is 4.79 Å². The Bertz CT molecular complexity index is 457. The topological polar surface area (TPSA) is 20.3 Å². The van der Waals surface area contributed by atoms with Crippen LogP contribution in [0.5, 0.6) is 0 Å². The molecule has 0 N–H and O–H groups in total. The number of alkyl halides is 1. The molecule has 0 atom stereocenters. The van der Waals surface area contributed by atoms with E-state index in [4.69, 9.17) is 11.6 Å². The van der Waals surface area contributed by atoms with Gasteiger partial charge in [-0.15, -0.1) is 0 Å². The van der Waals surface area contributed by atoms with Crippen LogP contribution in [0.15, 0.2) is 18.2 Å². The highest BCUT2D eigenvalue weighted by atomic mass is 79.9. The lowest BCUT2D eigenvalue weighted by atomic mass is 10.1. The Balaban J connectivity index is 2.25. The summed E-state index contributed by atoms with van der Waals surface area (Å²) >= 11 is 9.47. The SMILES string of the molecule is Cc1ccc(Cl)cc1C(=O)N(CCBr)C1CCCC1. The second-order valence-corrected chi connectivity index (χ2v) is 6.31. The first-order valence-electron chi connectivity index (χ1n) is 6.76. The molecule has 0 heterocycles. The third kappa shape index (κ3) is 3.51. The lowest BCUT2D eigenvalue weighted by Gasteiger charge is -2.29. The molecule has 0 unspecified atom stereocenters. The third-order valence-electron chi connectivity index (χ3n) is 3.78. The van der Waals surface area contributed by atoms with Gasteiger partial charge >= 0.3 is 0 Å². The van der Waals surface area contributed by atoms with Gasteiger partial charge in [-0.1, -0.05) is 46.4 Å². The van der Waals surface area contributed by atoms with Gasteiger partial charge < -0.3 is 4.90 Å². The molecule has 19 heavy (non-hydrogen) atoms. The van der Waals surface area contributed by atoms with Crippen molar-refractivity contribution in [2.75, 3.05) is 11.9 Å². The van der Waals surface area contributed by atoms with E-state index in [0.717, 1.165) is 35.8 Å². The normalized spacial score (nSPS) is 15.7. The quantitative estimate of drug-likeness (QED) is 0.740. The van der Waals surface area contributed by atoms with Crippen LogP contribution in [0.1, 0.15) is 41.6 Å². The average molecular weight is 345 g/mol. The van der Waals surface area contributed by atoms with Gasteiger partial charge in [-0.05, 0) is 37.5 Å². The van der Waals surface area contributed by atoms with Crippen molar-refractivity contribution in [2.45, 2.75) is 38.6 Å². The lowest BCUT2D eigenvalue weighted by Crippen LogP contribution is -2.40. The molecule has 104 valence electrons. The maximum absolute atomic E-state index is 12.7. The molecule has 1 amide bonds.